The van der Waals surface area contributed by atoms with Crippen LogP contribution in [0.15, 0.2) is 53.6 Å². The highest BCUT2D eigenvalue weighted by Crippen LogP contribution is 2.08. The average Bonchev–Trinajstić information content (AvgIpc) is 2.41. The maximum atomic E-state index is 13.0. The summed E-state index contributed by atoms with van der Waals surface area (Å²) in [6.07, 6.45) is 1.51. The Morgan fingerprint density at radius 1 is 1.20 bits per heavy atom. The Labute approximate surface area is 122 Å². The van der Waals surface area contributed by atoms with Crippen molar-refractivity contribution in [3.8, 4) is 0 Å². The number of hydrogen-bond donors (Lipinski definition) is 2. The summed E-state index contributed by atoms with van der Waals surface area (Å²) in [6, 6.07) is 14.0. The summed E-state index contributed by atoms with van der Waals surface area (Å²) in [4.78, 5) is 0. The van der Waals surface area contributed by atoms with Crippen LogP contribution in [0, 0.1) is 12.7 Å². The number of nitrogens with one attached hydrogen (secondary N) is 2. The standard InChI is InChI=1S/C15H14FN3S/c1-11-5-7-14(8-6-11)18-15(20)19-17-10-12-3-2-4-13(16)9-12/h2-10H,1H3,(H2,18,19,20)/b17-10+. The van der Waals surface area contributed by atoms with Gasteiger partial charge in [0.1, 0.15) is 5.82 Å². The second kappa shape index (κ2) is 6.77. The molecule has 102 valence electrons. The summed E-state index contributed by atoms with van der Waals surface area (Å²) < 4.78 is 13.0. The van der Waals surface area contributed by atoms with Crippen LogP contribution in [-0.4, -0.2) is 11.3 Å². The van der Waals surface area contributed by atoms with Crippen molar-refractivity contribution >= 4 is 29.2 Å². The number of thiocarbonyl (C=S) groups is 1. The molecule has 0 atom stereocenters. The second-order valence-electron chi connectivity index (χ2n) is 4.25. The molecule has 0 radical (unpaired) electrons. The molecule has 20 heavy (non-hydrogen) atoms. The molecule has 0 aliphatic heterocycles. The van der Waals surface area contributed by atoms with Crippen LogP contribution >= 0.6 is 12.2 Å². The van der Waals surface area contributed by atoms with Gasteiger partial charge in [0.05, 0.1) is 6.21 Å². The minimum absolute atomic E-state index is 0.297. The van der Waals surface area contributed by atoms with Crippen LogP contribution in [0.3, 0.4) is 0 Å². The van der Waals surface area contributed by atoms with E-state index in [1.807, 2.05) is 31.2 Å². The van der Waals surface area contributed by atoms with Gasteiger partial charge >= 0.3 is 0 Å². The van der Waals surface area contributed by atoms with Crippen molar-refractivity contribution in [2.24, 2.45) is 5.10 Å². The van der Waals surface area contributed by atoms with Gasteiger partial charge in [-0.15, -0.1) is 0 Å². The Balaban J connectivity index is 1.87. The highest BCUT2D eigenvalue weighted by molar-refractivity contribution is 7.80. The van der Waals surface area contributed by atoms with Crippen molar-refractivity contribution in [2.75, 3.05) is 5.32 Å². The molecule has 0 spiro atoms. The fraction of sp³-hybridized carbons (Fsp3) is 0.0667. The molecule has 2 aromatic rings. The molecule has 2 rings (SSSR count). The maximum absolute atomic E-state index is 13.0. The number of halogens is 1. The summed E-state index contributed by atoms with van der Waals surface area (Å²) >= 11 is 5.10. The third-order valence-corrected chi connectivity index (χ3v) is 2.73. The van der Waals surface area contributed by atoms with E-state index in [-0.39, 0.29) is 5.82 Å². The number of hydrazone groups is 1. The molecule has 0 saturated carbocycles. The largest absolute Gasteiger partial charge is 0.331 e. The second-order valence-corrected chi connectivity index (χ2v) is 4.65. The number of anilines is 1. The third-order valence-electron chi connectivity index (χ3n) is 2.54. The lowest BCUT2D eigenvalue weighted by molar-refractivity contribution is 0.627. The molecule has 0 amide bonds. The molecule has 0 aliphatic rings. The Hall–Kier alpha value is -2.27. The highest BCUT2D eigenvalue weighted by Gasteiger charge is 1.95. The predicted molar refractivity (Wildman–Crippen MR) is 84.5 cm³/mol. The molecule has 5 heteroatoms. The topological polar surface area (TPSA) is 36.4 Å². The fourth-order valence-electron chi connectivity index (χ4n) is 1.55. The van der Waals surface area contributed by atoms with Crippen LogP contribution in [0.4, 0.5) is 10.1 Å². The van der Waals surface area contributed by atoms with Gasteiger partial charge in [-0.05, 0) is 49.0 Å². The van der Waals surface area contributed by atoms with E-state index in [1.165, 1.54) is 23.9 Å². The fourth-order valence-corrected chi connectivity index (χ4v) is 1.72. The lowest BCUT2D eigenvalue weighted by Crippen LogP contribution is -2.23. The zero-order chi connectivity index (χ0) is 14.4. The molecular weight excluding hydrogens is 273 g/mol. The molecule has 0 heterocycles. The quantitative estimate of drug-likeness (QED) is 0.516. The lowest BCUT2D eigenvalue weighted by atomic mass is 10.2. The molecule has 0 aliphatic carbocycles. The monoisotopic (exact) mass is 287 g/mol. The zero-order valence-corrected chi connectivity index (χ0v) is 11.7. The third kappa shape index (κ3) is 4.44. The first-order valence-electron chi connectivity index (χ1n) is 6.06. The number of benzene rings is 2. The molecule has 3 nitrogen and oxygen atoms in total. The number of hydrogen-bond acceptors (Lipinski definition) is 2. The van der Waals surface area contributed by atoms with Gasteiger partial charge in [0.15, 0.2) is 5.11 Å². The first-order chi connectivity index (χ1) is 9.63. The first kappa shape index (κ1) is 14.1. The Kier molecular flexibility index (Phi) is 4.79. The number of nitrogens with zero attached hydrogens (tertiary/aromatic N) is 1. The van der Waals surface area contributed by atoms with E-state index < -0.39 is 0 Å². The van der Waals surface area contributed by atoms with E-state index in [4.69, 9.17) is 12.2 Å². The van der Waals surface area contributed by atoms with E-state index in [0.29, 0.717) is 10.7 Å². The number of aryl methyl sites for hydroxylation is 1. The lowest BCUT2D eigenvalue weighted by Gasteiger charge is -2.06. The summed E-state index contributed by atoms with van der Waals surface area (Å²) in [5.41, 5.74) is 5.41. The van der Waals surface area contributed by atoms with Gasteiger partial charge < -0.3 is 5.32 Å². The Bertz CT molecular complexity index is 623. The van der Waals surface area contributed by atoms with Gasteiger partial charge in [-0.2, -0.15) is 5.10 Å². The smallest absolute Gasteiger partial charge is 0.191 e. The zero-order valence-electron chi connectivity index (χ0n) is 10.9. The van der Waals surface area contributed by atoms with E-state index in [1.54, 1.807) is 12.1 Å². The molecule has 0 bridgehead atoms. The molecule has 2 aromatic carbocycles. The van der Waals surface area contributed by atoms with Gasteiger partial charge in [-0.3, -0.25) is 5.43 Å². The van der Waals surface area contributed by atoms with E-state index in [9.17, 15) is 4.39 Å². The van der Waals surface area contributed by atoms with Crippen LogP contribution in [0.5, 0.6) is 0 Å². The molecule has 0 fully saturated rings. The van der Waals surface area contributed by atoms with Crippen LogP contribution < -0.4 is 10.7 Å². The normalized spacial score (nSPS) is 10.5. The molecule has 0 saturated heterocycles. The van der Waals surface area contributed by atoms with Gasteiger partial charge in [0.25, 0.3) is 0 Å². The van der Waals surface area contributed by atoms with Crippen molar-refractivity contribution < 1.29 is 4.39 Å². The Morgan fingerprint density at radius 3 is 2.65 bits per heavy atom. The van der Waals surface area contributed by atoms with Crippen molar-refractivity contribution in [3.63, 3.8) is 0 Å². The summed E-state index contributed by atoms with van der Waals surface area (Å²) in [6.45, 7) is 2.02. The average molecular weight is 287 g/mol. The maximum Gasteiger partial charge on any atom is 0.191 e. The van der Waals surface area contributed by atoms with Crippen LogP contribution in [0.1, 0.15) is 11.1 Å². The van der Waals surface area contributed by atoms with Crippen LogP contribution in [0.2, 0.25) is 0 Å². The summed E-state index contributed by atoms with van der Waals surface area (Å²) in [7, 11) is 0. The van der Waals surface area contributed by atoms with Crippen molar-refractivity contribution in [1.29, 1.82) is 0 Å². The van der Waals surface area contributed by atoms with Gasteiger partial charge in [-0.25, -0.2) is 4.39 Å². The molecule has 0 unspecified atom stereocenters. The highest BCUT2D eigenvalue weighted by atomic mass is 32.1. The van der Waals surface area contributed by atoms with E-state index in [0.717, 1.165) is 5.69 Å². The predicted octanol–water partition coefficient (Wildman–Crippen LogP) is 3.45. The van der Waals surface area contributed by atoms with Crippen molar-refractivity contribution in [3.05, 3.63) is 65.5 Å². The molecule has 2 N–H and O–H groups in total. The minimum Gasteiger partial charge on any atom is -0.331 e. The van der Waals surface area contributed by atoms with E-state index >= 15 is 0 Å². The Morgan fingerprint density at radius 2 is 1.95 bits per heavy atom. The van der Waals surface area contributed by atoms with Crippen LogP contribution in [0.25, 0.3) is 0 Å². The van der Waals surface area contributed by atoms with Crippen molar-refractivity contribution in [2.45, 2.75) is 6.92 Å². The summed E-state index contributed by atoms with van der Waals surface area (Å²) in [5.74, 6) is -0.297. The van der Waals surface area contributed by atoms with Crippen molar-refractivity contribution in [1.82, 2.24) is 5.43 Å². The SMILES string of the molecule is Cc1ccc(NC(=S)N/N=C/c2cccc(F)c2)cc1. The van der Waals surface area contributed by atoms with Gasteiger partial charge in [-0.1, -0.05) is 29.8 Å². The first-order valence-corrected chi connectivity index (χ1v) is 6.46. The van der Waals surface area contributed by atoms with Gasteiger partial charge in [0.2, 0.25) is 0 Å². The minimum atomic E-state index is -0.297. The van der Waals surface area contributed by atoms with Gasteiger partial charge in [0, 0.05) is 5.69 Å². The van der Waals surface area contributed by atoms with Crippen LogP contribution in [-0.2, 0) is 0 Å². The molecule has 0 aromatic heterocycles. The van der Waals surface area contributed by atoms with E-state index in [2.05, 4.69) is 15.8 Å². The number of rotatable bonds is 3. The summed E-state index contributed by atoms with van der Waals surface area (Å²) in [5, 5.41) is 7.33. The molecular formula is C15H14FN3S.